The molecule has 0 saturated heterocycles. The van der Waals surface area contributed by atoms with Crippen LogP contribution in [0.1, 0.15) is 18.7 Å². The van der Waals surface area contributed by atoms with Gasteiger partial charge < -0.3 is 5.73 Å². The van der Waals surface area contributed by atoms with Crippen molar-refractivity contribution in [1.29, 1.82) is 0 Å². The molecule has 94 valence electrons. The van der Waals surface area contributed by atoms with Crippen molar-refractivity contribution in [3.63, 3.8) is 0 Å². The SMILES string of the molecule is CC(N)c1ncc(-c2cn[nH]c2)cc1Cl.Cl.Cl. The van der Waals surface area contributed by atoms with Crippen molar-refractivity contribution in [2.24, 2.45) is 5.73 Å². The van der Waals surface area contributed by atoms with Crippen molar-refractivity contribution in [3.05, 3.63) is 35.4 Å². The predicted octanol–water partition coefficient (Wildman–Crippen LogP) is 2.99. The normalized spacial score (nSPS) is 11.2. The van der Waals surface area contributed by atoms with Crippen molar-refractivity contribution in [1.82, 2.24) is 15.2 Å². The molecule has 17 heavy (non-hydrogen) atoms. The lowest BCUT2D eigenvalue weighted by molar-refractivity contribution is 0.782. The molecule has 0 aliphatic heterocycles. The number of nitrogens with one attached hydrogen (secondary N) is 1. The van der Waals surface area contributed by atoms with Gasteiger partial charge in [-0.05, 0) is 13.0 Å². The maximum atomic E-state index is 6.07. The molecule has 0 aliphatic rings. The lowest BCUT2D eigenvalue weighted by atomic mass is 10.1. The highest BCUT2D eigenvalue weighted by atomic mass is 35.5. The van der Waals surface area contributed by atoms with Gasteiger partial charge in [-0.1, -0.05) is 11.6 Å². The van der Waals surface area contributed by atoms with Gasteiger partial charge in [0.15, 0.2) is 0 Å². The Labute approximate surface area is 117 Å². The molecule has 0 bridgehead atoms. The summed E-state index contributed by atoms with van der Waals surface area (Å²) >= 11 is 6.07. The molecule has 3 N–H and O–H groups in total. The first kappa shape index (κ1) is 16.2. The van der Waals surface area contributed by atoms with Crippen LogP contribution >= 0.6 is 36.4 Å². The molecule has 4 nitrogen and oxygen atoms in total. The highest BCUT2D eigenvalue weighted by Crippen LogP contribution is 2.25. The number of pyridine rings is 1. The van der Waals surface area contributed by atoms with E-state index in [1.807, 2.05) is 13.0 Å². The van der Waals surface area contributed by atoms with Crippen LogP contribution in [0.25, 0.3) is 11.1 Å². The Hall–Kier alpha value is -0.810. The van der Waals surface area contributed by atoms with Gasteiger partial charge >= 0.3 is 0 Å². The minimum Gasteiger partial charge on any atom is -0.323 e. The molecule has 0 saturated carbocycles. The molecule has 0 radical (unpaired) electrons. The average Bonchev–Trinajstić information content (AvgIpc) is 2.69. The molecule has 0 amide bonds. The Morgan fingerprint density at radius 3 is 2.47 bits per heavy atom. The Morgan fingerprint density at radius 2 is 2.00 bits per heavy atom. The number of aromatic nitrogens is 3. The van der Waals surface area contributed by atoms with E-state index in [4.69, 9.17) is 17.3 Å². The monoisotopic (exact) mass is 294 g/mol. The molecule has 2 heterocycles. The molecule has 2 aromatic rings. The quantitative estimate of drug-likeness (QED) is 0.895. The fraction of sp³-hybridized carbons (Fsp3) is 0.200. The molecule has 0 aliphatic carbocycles. The number of nitrogens with two attached hydrogens (primary N) is 1. The van der Waals surface area contributed by atoms with E-state index in [-0.39, 0.29) is 30.9 Å². The minimum absolute atomic E-state index is 0. The van der Waals surface area contributed by atoms with Crippen LogP contribution in [0.4, 0.5) is 0 Å². The maximum absolute atomic E-state index is 6.07. The van der Waals surface area contributed by atoms with Crippen LogP contribution < -0.4 is 5.73 Å². The van der Waals surface area contributed by atoms with E-state index in [2.05, 4.69) is 15.2 Å². The van der Waals surface area contributed by atoms with Gasteiger partial charge in [0.2, 0.25) is 0 Å². The topological polar surface area (TPSA) is 67.6 Å². The molecule has 2 aromatic heterocycles. The minimum atomic E-state index is -0.157. The molecule has 0 aromatic carbocycles. The van der Waals surface area contributed by atoms with Crippen molar-refractivity contribution in [3.8, 4) is 11.1 Å². The smallest absolute Gasteiger partial charge is 0.0754 e. The zero-order valence-corrected chi connectivity index (χ0v) is 11.4. The molecule has 1 atom stereocenters. The van der Waals surface area contributed by atoms with Gasteiger partial charge in [0.05, 0.1) is 16.9 Å². The summed E-state index contributed by atoms with van der Waals surface area (Å²) in [7, 11) is 0. The fourth-order valence-electron chi connectivity index (χ4n) is 1.35. The highest BCUT2D eigenvalue weighted by Gasteiger charge is 2.08. The van der Waals surface area contributed by atoms with Gasteiger partial charge in [0, 0.05) is 29.6 Å². The lowest BCUT2D eigenvalue weighted by Crippen LogP contribution is -2.07. The fourth-order valence-corrected chi connectivity index (χ4v) is 1.69. The van der Waals surface area contributed by atoms with E-state index in [1.54, 1.807) is 18.6 Å². The largest absolute Gasteiger partial charge is 0.323 e. The summed E-state index contributed by atoms with van der Waals surface area (Å²) in [4.78, 5) is 4.24. The molecule has 2 rings (SSSR count). The maximum Gasteiger partial charge on any atom is 0.0754 e. The Bertz CT molecular complexity index is 457. The van der Waals surface area contributed by atoms with Gasteiger partial charge in [-0.25, -0.2) is 0 Å². The van der Waals surface area contributed by atoms with Crippen LogP contribution in [0.3, 0.4) is 0 Å². The standard InChI is InChI=1S/C10H11ClN4.2ClH/c1-6(12)10-9(11)2-7(3-13-10)8-4-14-15-5-8;;/h2-6H,12H2,1H3,(H,14,15);2*1H. The summed E-state index contributed by atoms with van der Waals surface area (Å²) in [5.41, 5.74) is 8.32. The first-order chi connectivity index (χ1) is 7.18. The first-order valence-electron chi connectivity index (χ1n) is 4.58. The molecule has 0 spiro atoms. The van der Waals surface area contributed by atoms with E-state index in [9.17, 15) is 0 Å². The zero-order chi connectivity index (χ0) is 10.8. The number of rotatable bonds is 2. The third-order valence-corrected chi connectivity index (χ3v) is 2.44. The summed E-state index contributed by atoms with van der Waals surface area (Å²) in [5, 5.41) is 7.19. The molecule has 7 heteroatoms. The van der Waals surface area contributed by atoms with Crippen molar-refractivity contribution in [2.45, 2.75) is 13.0 Å². The van der Waals surface area contributed by atoms with Crippen LogP contribution in [0.15, 0.2) is 24.7 Å². The van der Waals surface area contributed by atoms with Crippen molar-refractivity contribution < 1.29 is 0 Å². The summed E-state index contributed by atoms with van der Waals surface area (Å²) in [6.45, 7) is 1.85. The van der Waals surface area contributed by atoms with Gasteiger partial charge in [-0.15, -0.1) is 24.8 Å². The number of hydrogen-bond donors (Lipinski definition) is 2. The van der Waals surface area contributed by atoms with Crippen LogP contribution in [0.5, 0.6) is 0 Å². The Balaban J connectivity index is 0.00000128. The molecular formula is C10H13Cl3N4. The number of aromatic amines is 1. The second kappa shape index (κ2) is 6.81. The highest BCUT2D eigenvalue weighted by molar-refractivity contribution is 6.31. The Kier molecular flexibility index (Phi) is 6.49. The van der Waals surface area contributed by atoms with Crippen LogP contribution in [0.2, 0.25) is 5.02 Å². The summed E-state index contributed by atoms with van der Waals surface area (Å²) < 4.78 is 0. The molecular weight excluding hydrogens is 282 g/mol. The molecule has 1 unspecified atom stereocenters. The van der Waals surface area contributed by atoms with E-state index < -0.39 is 0 Å². The second-order valence-electron chi connectivity index (χ2n) is 3.37. The number of H-pyrrole nitrogens is 1. The second-order valence-corrected chi connectivity index (χ2v) is 3.77. The third kappa shape index (κ3) is 3.57. The molecule has 0 fully saturated rings. The van der Waals surface area contributed by atoms with E-state index in [0.717, 1.165) is 11.1 Å². The zero-order valence-electron chi connectivity index (χ0n) is 9.05. The van der Waals surface area contributed by atoms with Crippen LogP contribution in [-0.2, 0) is 0 Å². The van der Waals surface area contributed by atoms with Gasteiger partial charge in [-0.2, -0.15) is 5.10 Å². The Morgan fingerprint density at radius 1 is 1.29 bits per heavy atom. The third-order valence-electron chi connectivity index (χ3n) is 2.13. The van der Waals surface area contributed by atoms with Crippen LogP contribution in [0, 0.1) is 0 Å². The summed E-state index contributed by atoms with van der Waals surface area (Å²) in [6, 6.07) is 1.69. The van der Waals surface area contributed by atoms with E-state index >= 15 is 0 Å². The van der Waals surface area contributed by atoms with E-state index in [1.165, 1.54) is 0 Å². The van der Waals surface area contributed by atoms with Crippen molar-refractivity contribution >= 4 is 36.4 Å². The lowest BCUT2D eigenvalue weighted by Gasteiger charge is -2.07. The van der Waals surface area contributed by atoms with Crippen LogP contribution in [-0.4, -0.2) is 15.2 Å². The summed E-state index contributed by atoms with van der Waals surface area (Å²) in [6.07, 6.45) is 5.26. The van der Waals surface area contributed by atoms with E-state index in [0.29, 0.717) is 10.7 Å². The number of hydrogen-bond acceptors (Lipinski definition) is 3. The average molecular weight is 296 g/mol. The van der Waals surface area contributed by atoms with Crippen molar-refractivity contribution in [2.75, 3.05) is 0 Å². The van der Waals surface area contributed by atoms with Gasteiger partial charge in [0.1, 0.15) is 0 Å². The van der Waals surface area contributed by atoms with Gasteiger partial charge in [0.25, 0.3) is 0 Å². The predicted molar refractivity (Wildman–Crippen MR) is 73.9 cm³/mol. The van der Waals surface area contributed by atoms with Gasteiger partial charge in [-0.3, -0.25) is 10.1 Å². The number of nitrogens with zero attached hydrogens (tertiary/aromatic N) is 2. The summed E-state index contributed by atoms with van der Waals surface area (Å²) in [5.74, 6) is 0. The number of halogens is 3. The first-order valence-corrected chi connectivity index (χ1v) is 4.96.